The number of benzene rings is 2. The van der Waals surface area contributed by atoms with Gasteiger partial charge in [0.15, 0.2) is 0 Å². The Morgan fingerprint density at radius 1 is 1.06 bits per heavy atom. The Morgan fingerprint density at radius 2 is 1.71 bits per heavy atom. The lowest BCUT2D eigenvalue weighted by Gasteiger charge is -2.06. The molecule has 0 unspecified atom stereocenters. The minimum atomic E-state index is 0.682. The molecule has 0 saturated carbocycles. The molecule has 0 aliphatic carbocycles. The van der Waals surface area contributed by atoms with Gasteiger partial charge in [-0.05, 0) is 39.2 Å². The molecule has 0 saturated heterocycles. The molecule has 0 radical (unpaired) electrons. The van der Waals surface area contributed by atoms with E-state index in [1.807, 2.05) is 30.3 Å². The van der Waals surface area contributed by atoms with E-state index in [9.17, 15) is 4.79 Å². The zero-order chi connectivity index (χ0) is 12.3. The van der Waals surface area contributed by atoms with Gasteiger partial charge in [0.2, 0.25) is 0 Å². The number of hydrogen-bond donors (Lipinski definition) is 0. The second kappa shape index (κ2) is 5.15. The van der Waals surface area contributed by atoms with Crippen molar-refractivity contribution in [3.63, 3.8) is 0 Å². The average molecular weight is 291 g/mol. The maximum atomic E-state index is 10.6. The minimum Gasteiger partial charge on any atom is -0.496 e. The normalized spacial score (nSPS) is 10.0. The molecule has 0 aromatic heterocycles. The van der Waals surface area contributed by atoms with Gasteiger partial charge in [0.25, 0.3) is 0 Å². The first-order chi connectivity index (χ1) is 8.24. The minimum absolute atomic E-state index is 0.682. The summed E-state index contributed by atoms with van der Waals surface area (Å²) in [5.41, 5.74) is 2.83. The van der Waals surface area contributed by atoms with Gasteiger partial charge < -0.3 is 4.74 Å². The van der Waals surface area contributed by atoms with E-state index in [2.05, 4.69) is 15.9 Å². The summed E-state index contributed by atoms with van der Waals surface area (Å²) in [6.45, 7) is 0. The number of carbonyl (C=O) groups is 1. The lowest BCUT2D eigenvalue weighted by atomic mass is 10.0. The van der Waals surface area contributed by atoms with Crippen molar-refractivity contribution in [2.45, 2.75) is 0 Å². The summed E-state index contributed by atoms with van der Waals surface area (Å²) in [6.07, 6.45) is 0.841. The Kier molecular flexibility index (Phi) is 3.59. The molecule has 0 aliphatic heterocycles. The third-order valence-corrected chi connectivity index (χ3v) is 3.15. The van der Waals surface area contributed by atoms with E-state index in [4.69, 9.17) is 4.74 Å². The number of methoxy groups -OCH3 is 1. The molecule has 17 heavy (non-hydrogen) atoms. The van der Waals surface area contributed by atoms with Crippen LogP contribution >= 0.6 is 15.9 Å². The number of halogens is 1. The van der Waals surface area contributed by atoms with Crippen LogP contribution in [0, 0.1) is 0 Å². The Balaban J connectivity index is 2.38. The molecule has 0 amide bonds. The molecular weight excluding hydrogens is 280 g/mol. The van der Waals surface area contributed by atoms with Crippen molar-refractivity contribution in [2.24, 2.45) is 0 Å². The lowest BCUT2D eigenvalue weighted by molar-refractivity contribution is 0.112. The Labute approximate surface area is 108 Å². The Bertz CT molecular complexity index is 532. The average Bonchev–Trinajstić information content (AvgIpc) is 2.39. The van der Waals surface area contributed by atoms with Gasteiger partial charge in [-0.25, -0.2) is 0 Å². The van der Waals surface area contributed by atoms with Crippen LogP contribution in [-0.2, 0) is 0 Å². The van der Waals surface area contributed by atoms with E-state index in [1.165, 1.54) is 0 Å². The molecule has 2 rings (SSSR count). The molecule has 0 heterocycles. The summed E-state index contributed by atoms with van der Waals surface area (Å²) >= 11 is 3.45. The predicted molar refractivity (Wildman–Crippen MR) is 71.5 cm³/mol. The van der Waals surface area contributed by atoms with Gasteiger partial charge in [0.1, 0.15) is 12.0 Å². The largest absolute Gasteiger partial charge is 0.496 e. The third-order valence-electron chi connectivity index (χ3n) is 2.53. The number of aldehydes is 1. The molecule has 0 aliphatic rings. The fourth-order valence-electron chi connectivity index (χ4n) is 1.60. The van der Waals surface area contributed by atoms with Crippen molar-refractivity contribution in [2.75, 3.05) is 7.11 Å². The summed E-state index contributed by atoms with van der Waals surface area (Å²) < 4.78 is 6.09. The fourth-order valence-corrected chi connectivity index (χ4v) is 2.14. The van der Waals surface area contributed by atoms with Crippen molar-refractivity contribution in [3.05, 3.63) is 52.5 Å². The molecule has 3 heteroatoms. The number of ether oxygens (including phenoxy) is 1. The highest BCUT2D eigenvalue weighted by Gasteiger charge is 2.03. The summed E-state index contributed by atoms with van der Waals surface area (Å²) in [7, 11) is 1.64. The van der Waals surface area contributed by atoms with Crippen LogP contribution in [0.25, 0.3) is 11.1 Å². The zero-order valence-corrected chi connectivity index (χ0v) is 10.9. The van der Waals surface area contributed by atoms with Crippen molar-refractivity contribution in [3.8, 4) is 16.9 Å². The molecule has 0 atom stereocenters. The second-order valence-electron chi connectivity index (χ2n) is 3.59. The van der Waals surface area contributed by atoms with E-state index in [0.29, 0.717) is 5.56 Å². The SMILES string of the molecule is COc1ccc(-c2ccc(C=O)cc2)cc1Br. The Morgan fingerprint density at radius 3 is 2.24 bits per heavy atom. The van der Waals surface area contributed by atoms with Crippen molar-refractivity contribution < 1.29 is 9.53 Å². The van der Waals surface area contributed by atoms with Gasteiger partial charge in [-0.1, -0.05) is 30.3 Å². The van der Waals surface area contributed by atoms with Gasteiger partial charge in [0.05, 0.1) is 11.6 Å². The summed E-state index contributed by atoms with van der Waals surface area (Å²) in [5.74, 6) is 0.804. The van der Waals surface area contributed by atoms with Gasteiger partial charge in [0, 0.05) is 5.56 Å². The van der Waals surface area contributed by atoms with Crippen LogP contribution < -0.4 is 4.74 Å². The highest BCUT2D eigenvalue weighted by Crippen LogP contribution is 2.30. The summed E-state index contributed by atoms with van der Waals surface area (Å²) in [4.78, 5) is 10.6. The zero-order valence-electron chi connectivity index (χ0n) is 9.31. The second-order valence-corrected chi connectivity index (χ2v) is 4.44. The molecular formula is C14H11BrO2. The van der Waals surface area contributed by atoms with Gasteiger partial charge in [-0.3, -0.25) is 4.79 Å². The van der Waals surface area contributed by atoms with Crippen molar-refractivity contribution in [1.29, 1.82) is 0 Å². The monoisotopic (exact) mass is 290 g/mol. The number of carbonyl (C=O) groups excluding carboxylic acids is 1. The van der Waals surface area contributed by atoms with E-state index in [0.717, 1.165) is 27.6 Å². The lowest BCUT2D eigenvalue weighted by Crippen LogP contribution is -1.86. The quantitative estimate of drug-likeness (QED) is 0.801. The van der Waals surface area contributed by atoms with Crippen LogP contribution in [0.2, 0.25) is 0 Å². The molecule has 0 N–H and O–H groups in total. The van der Waals surface area contributed by atoms with Crippen LogP contribution in [0.3, 0.4) is 0 Å². The van der Waals surface area contributed by atoms with Crippen LogP contribution in [0.1, 0.15) is 10.4 Å². The van der Waals surface area contributed by atoms with E-state index >= 15 is 0 Å². The first-order valence-corrected chi connectivity index (χ1v) is 5.93. The maximum absolute atomic E-state index is 10.6. The van der Waals surface area contributed by atoms with Crippen molar-refractivity contribution in [1.82, 2.24) is 0 Å². The molecule has 0 fully saturated rings. The highest BCUT2D eigenvalue weighted by atomic mass is 79.9. The molecule has 86 valence electrons. The predicted octanol–water partition coefficient (Wildman–Crippen LogP) is 3.94. The molecule has 0 bridgehead atoms. The summed E-state index contributed by atoms with van der Waals surface area (Å²) in [6, 6.07) is 13.4. The van der Waals surface area contributed by atoms with Crippen LogP contribution in [0.4, 0.5) is 0 Å². The highest BCUT2D eigenvalue weighted by molar-refractivity contribution is 9.10. The van der Waals surface area contributed by atoms with Crippen LogP contribution in [0.15, 0.2) is 46.9 Å². The number of rotatable bonds is 3. The molecule has 2 nitrogen and oxygen atoms in total. The first kappa shape index (κ1) is 11.9. The third kappa shape index (κ3) is 2.56. The first-order valence-electron chi connectivity index (χ1n) is 5.14. The van der Waals surface area contributed by atoms with Gasteiger partial charge in [-0.2, -0.15) is 0 Å². The fraction of sp³-hybridized carbons (Fsp3) is 0.0714. The van der Waals surface area contributed by atoms with E-state index in [-0.39, 0.29) is 0 Å². The smallest absolute Gasteiger partial charge is 0.150 e. The molecule has 2 aromatic rings. The Hall–Kier alpha value is -1.61. The van der Waals surface area contributed by atoms with E-state index in [1.54, 1.807) is 19.2 Å². The maximum Gasteiger partial charge on any atom is 0.150 e. The topological polar surface area (TPSA) is 26.3 Å². The standard InChI is InChI=1S/C14H11BrO2/c1-17-14-7-6-12(8-13(14)15)11-4-2-10(9-16)3-5-11/h2-9H,1H3. The molecule has 0 spiro atoms. The van der Waals surface area contributed by atoms with Crippen LogP contribution in [0.5, 0.6) is 5.75 Å². The van der Waals surface area contributed by atoms with Gasteiger partial charge >= 0.3 is 0 Å². The molecule has 2 aromatic carbocycles. The van der Waals surface area contributed by atoms with E-state index < -0.39 is 0 Å². The number of hydrogen-bond acceptors (Lipinski definition) is 2. The van der Waals surface area contributed by atoms with Gasteiger partial charge in [-0.15, -0.1) is 0 Å². The van der Waals surface area contributed by atoms with Crippen molar-refractivity contribution >= 4 is 22.2 Å². The van der Waals surface area contributed by atoms with Crippen LogP contribution in [-0.4, -0.2) is 13.4 Å². The summed E-state index contributed by atoms with van der Waals surface area (Å²) in [5, 5.41) is 0.